The fraction of sp³-hybridized carbons (Fsp3) is 0.154. The number of ether oxygens (including phenoxy) is 3. The number of para-hydroxylation sites is 1. The van der Waals surface area contributed by atoms with E-state index in [1.165, 1.54) is 0 Å². The Kier molecular flexibility index (Phi) is 6.28. The minimum Gasteiger partial charge on any atom is -0.489 e. The summed E-state index contributed by atoms with van der Waals surface area (Å²) in [4.78, 5) is 0. The zero-order valence-electron chi connectivity index (χ0n) is 16.7. The molecule has 0 aliphatic rings. The van der Waals surface area contributed by atoms with Crippen molar-refractivity contribution in [3.8, 4) is 17.2 Å². The molecule has 4 aromatic rings. The molecule has 0 aliphatic carbocycles. The lowest BCUT2D eigenvalue weighted by molar-refractivity contribution is 0.0220. The van der Waals surface area contributed by atoms with Gasteiger partial charge in [0.15, 0.2) is 0 Å². The predicted octanol–water partition coefficient (Wildman–Crippen LogP) is 5.73. The summed E-state index contributed by atoms with van der Waals surface area (Å²) in [5.74, 6) is 2.22. The minimum atomic E-state index is -0.734. The summed E-state index contributed by atoms with van der Waals surface area (Å²) < 4.78 is 17.5. The largest absolute Gasteiger partial charge is 0.489 e. The van der Waals surface area contributed by atoms with Crippen LogP contribution in [0, 0.1) is 0 Å². The minimum absolute atomic E-state index is 0.129. The van der Waals surface area contributed by atoms with Crippen LogP contribution in [0.25, 0.3) is 21.5 Å². The molecule has 1 N–H and O–H groups in total. The van der Waals surface area contributed by atoms with Crippen molar-refractivity contribution in [2.45, 2.75) is 6.10 Å². The Labute approximate surface area is 175 Å². The monoisotopic (exact) mass is 400 g/mol. The van der Waals surface area contributed by atoms with Gasteiger partial charge in [-0.3, -0.25) is 0 Å². The van der Waals surface area contributed by atoms with Gasteiger partial charge in [0.2, 0.25) is 0 Å². The third-order valence-corrected chi connectivity index (χ3v) is 4.73. The van der Waals surface area contributed by atoms with Crippen molar-refractivity contribution in [1.82, 2.24) is 0 Å². The highest BCUT2D eigenvalue weighted by molar-refractivity contribution is 6.05. The van der Waals surface area contributed by atoms with Gasteiger partial charge in [0, 0.05) is 10.8 Å². The van der Waals surface area contributed by atoms with Crippen LogP contribution in [-0.2, 0) is 4.74 Å². The molecule has 1 atom stereocenters. The standard InChI is InChI=1S/C26H24O4/c1-2-14-28-17-21(27)18-29-26-24-11-7-6-8-19(24)15-20-12-13-23(16-25(20)26)30-22-9-4-3-5-10-22/h2-13,15-16,21,27H,1,14,17-18H2. The average molecular weight is 400 g/mol. The Morgan fingerprint density at radius 1 is 0.800 bits per heavy atom. The molecule has 30 heavy (non-hydrogen) atoms. The van der Waals surface area contributed by atoms with Gasteiger partial charge in [-0.25, -0.2) is 0 Å². The molecule has 4 rings (SSSR count). The number of aliphatic hydroxyl groups is 1. The maximum absolute atomic E-state index is 10.2. The second-order valence-corrected chi connectivity index (χ2v) is 7.02. The van der Waals surface area contributed by atoms with Crippen LogP contribution >= 0.6 is 0 Å². The van der Waals surface area contributed by atoms with Crippen LogP contribution in [-0.4, -0.2) is 31.0 Å². The first kappa shape index (κ1) is 20.0. The Morgan fingerprint density at radius 3 is 2.40 bits per heavy atom. The number of rotatable bonds is 9. The van der Waals surface area contributed by atoms with Crippen molar-refractivity contribution in [2.24, 2.45) is 0 Å². The first-order valence-corrected chi connectivity index (χ1v) is 9.92. The van der Waals surface area contributed by atoms with E-state index in [-0.39, 0.29) is 13.2 Å². The second-order valence-electron chi connectivity index (χ2n) is 7.02. The van der Waals surface area contributed by atoms with E-state index in [0.29, 0.717) is 6.61 Å². The van der Waals surface area contributed by atoms with E-state index in [9.17, 15) is 5.11 Å². The van der Waals surface area contributed by atoms with E-state index in [1.807, 2.05) is 66.7 Å². The number of benzene rings is 4. The van der Waals surface area contributed by atoms with E-state index < -0.39 is 6.10 Å². The molecule has 0 radical (unpaired) electrons. The van der Waals surface area contributed by atoms with Gasteiger partial charge in [0.05, 0.1) is 13.2 Å². The van der Waals surface area contributed by atoms with E-state index >= 15 is 0 Å². The molecule has 1 unspecified atom stereocenters. The van der Waals surface area contributed by atoms with Gasteiger partial charge < -0.3 is 19.3 Å². The van der Waals surface area contributed by atoms with Crippen LogP contribution in [0.1, 0.15) is 0 Å². The topological polar surface area (TPSA) is 47.9 Å². The fourth-order valence-corrected chi connectivity index (χ4v) is 3.36. The lowest BCUT2D eigenvalue weighted by Gasteiger charge is -2.17. The van der Waals surface area contributed by atoms with Crippen LogP contribution in [0.4, 0.5) is 0 Å². The highest BCUT2D eigenvalue weighted by Crippen LogP contribution is 2.37. The average Bonchev–Trinajstić information content (AvgIpc) is 2.78. The molecule has 0 saturated heterocycles. The summed E-state index contributed by atoms with van der Waals surface area (Å²) in [6.45, 7) is 4.33. The summed E-state index contributed by atoms with van der Waals surface area (Å²) in [6.07, 6.45) is 0.919. The molecule has 0 saturated carbocycles. The maximum atomic E-state index is 10.2. The van der Waals surface area contributed by atoms with Crippen molar-refractivity contribution < 1.29 is 19.3 Å². The molecule has 0 bridgehead atoms. The summed E-state index contributed by atoms with van der Waals surface area (Å²) in [6, 6.07) is 25.8. The first-order chi connectivity index (χ1) is 14.7. The number of aliphatic hydroxyl groups excluding tert-OH is 1. The Hall–Kier alpha value is -3.34. The Morgan fingerprint density at radius 2 is 1.57 bits per heavy atom. The summed E-state index contributed by atoms with van der Waals surface area (Å²) in [5.41, 5.74) is 0. The maximum Gasteiger partial charge on any atom is 0.135 e. The predicted molar refractivity (Wildman–Crippen MR) is 120 cm³/mol. The molecular formula is C26H24O4. The molecule has 0 spiro atoms. The van der Waals surface area contributed by atoms with Gasteiger partial charge in [-0.2, -0.15) is 0 Å². The van der Waals surface area contributed by atoms with Gasteiger partial charge in [0.25, 0.3) is 0 Å². The lowest BCUT2D eigenvalue weighted by Crippen LogP contribution is -2.23. The molecule has 0 heterocycles. The van der Waals surface area contributed by atoms with E-state index in [4.69, 9.17) is 14.2 Å². The Bertz CT molecular complexity index is 1140. The molecule has 0 fully saturated rings. The zero-order valence-corrected chi connectivity index (χ0v) is 16.7. The van der Waals surface area contributed by atoms with E-state index in [2.05, 4.69) is 18.7 Å². The van der Waals surface area contributed by atoms with Gasteiger partial charge in [-0.15, -0.1) is 6.58 Å². The molecule has 4 nitrogen and oxygen atoms in total. The smallest absolute Gasteiger partial charge is 0.135 e. The van der Waals surface area contributed by atoms with Crippen LogP contribution < -0.4 is 9.47 Å². The number of hydrogen-bond donors (Lipinski definition) is 1. The van der Waals surface area contributed by atoms with Crippen LogP contribution in [0.2, 0.25) is 0 Å². The lowest BCUT2D eigenvalue weighted by atomic mass is 10.0. The summed E-state index contributed by atoms with van der Waals surface area (Å²) in [7, 11) is 0. The first-order valence-electron chi connectivity index (χ1n) is 9.92. The van der Waals surface area contributed by atoms with Gasteiger partial charge >= 0.3 is 0 Å². The number of hydrogen-bond acceptors (Lipinski definition) is 4. The SMILES string of the molecule is C=CCOCC(O)COc1c2ccccc2cc2ccc(Oc3ccccc3)cc12. The van der Waals surface area contributed by atoms with Crippen molar-refractivity contribution in [3.63, 3.8) is 0 Å². The van der Waals surface area contributed by atoms with Crippen LogP contribution in [0.5, 0.6) is 17.2 Å². The van der Waals surface area contributed by atoms with E-state index in [0.717, 1.165) is 38.8 Å². The normalized spacial score (nSPS) is 12.0. The van der Waals surface area contributed by atoms with Crippen LogP contribution in [0.15, 0.2) is 91.5 Å². The van der Waals surface area contributed by atoms with Crippen molar-refractivity contribution >= 4 is 21.5 Å². The molecule has 4 aromatic carbocycles. The third kappa shape index (κ3) is 4.62. The highest BCUT2D eigenvalue weighted by Gasteiger charge is 2.13. The van der Waals surface area contributed by atoms with Crippen molar-refractivity contribution in [3.05, 3.63) is 91.5 Å². The molecule has 4 heteroatoms. The van der Waals surface area contributed by atoms with Crippen molar-refractivity contribution in [2.75, 3.05) is 19.8 Å². The molecule has 0 amide bonds. The summed E-state index contributed by atoms with van der Waals surface area (Å²) >= 11 is 0. The number of fused-ring (bicyclic) bond motifs is 2. The fourth-order valence-electron chi connectivity index (χ4n) is 3.36. The zero-order chi connectivity index (χ0) is 20.8. The molecule has 0 aromatic heterocycles. The van der Waals surface area contributed by atoms with Crippen molar-refractivity contribution in [1.29, 1.82) is 0 Å². The van der Waals surface area contributed by atoms with Gasteiger partial charge in [0.1, 0.15) is 30.0 Å². The molecular weight excluding hydrogens is 376 g/mol. The third-order valence-electron chi connectivity index (χ3n) is 4.73. The van der Waals surface area contributed by atoms with Gasteiger partial charge in [-0.05, 0) is 41.1 Å². The molecule has 0 aliphatic heterocycles. The molecule has 152 valence electrons. The quantitative estimate of drug-likeness (QED) is 0.221. The van der Waals surface area contributed by atoms with Gasteiger partial charge in [-0.1, -0.05) is 54.6 Å². The highest BCUT2D eigenvalue weighted by atomic mass is 16.5. The second kappa shape index (κ2) is 9.44. The summed E-state index contributed by atoms with van der Waals surface area (Å²) in [5, 5.41) is 14.3. The van der Waals surface area contributed by atoms with E-state index in [1.54, 1.807) is 6.08 Å². The van der Waals surface area contributed by atoms with Crippen LogP contribution in [0.3, 0.4) is 0 Å². The Balaban J connectivity index is 1.68.